The van der Waals surface area contributed by atoms with Gasteiger partial charge in [0.05, 0.1) is 5.69 Å². The highest BCUT2D eigenvalue weighted by molar-refractivity contribution is 5.65. The van der Waals surface area contributed by atoms with Gasteiger partial charge in [-0.15, -0.1) is 0 Å². The Labute approximate surface area is 79.9 Å². The van der Waals surface area contributed by atoms with Crippen molar-refractivity contribution in [2.75, 3.05) is 0 Å². The van der Waals surface area contributed by atoms with Crippen LogP contribution in [-0.2, 0) is 0 Å². The summed E-state index contributed by atoms with van der Waals surface area (Å²) in [5.41, 5.74) is 0.674. The Morgan fingerprint density at radius 1 is 1.21 bits per heavy atom. The fourth-order valence-corrected chi connectivity index (χ4v) is 1.21. The number of aromatic hydroxyl groups is 1. The average molecular weight is 188 g/mol. The van der Waals surface area contributed by atoms with Crippen molar-refractivity contribution in [2.45, 2.75) is 0 Å². The van der Waals surface area contributed by atoms with Crippen molar-refractivity contribution in [3.8, 4) is 17.0 Å². The number of aromatic amines is 1. The molecule has 4 heteroatoms. The summed E-state index contributed by atoms with van der Waals surface area (Å²) in [6, 6.07) is 7.94. The molecule has 1 aromatic heterocycles. The van der Waals surface area contributed by atoms with Crippen molar-refractivity contribution in [3.63, 3.8) is 0 Å². The first-order chi connectivity index (χ1) is 6.79. The fourth-order valence-electron chi connectivity index (χ4n) is 1.21. The SMILES string of the molecule is O=c1ccccc(-c2ccn[nH]2)c1O. The van der Waals surface area contributed by atoms with Crippen LogP contribution in [-0.4, -0.2) is 15.3 Å². The van der Waals surface area contributed by atoms with Gasteiger partial charge in [0.1, 0.15) is 0 Å². The van der Waals surface area contributed by atoms with Gasteiger partial charge >= 0.3 is 0 Å². The smallest absolute Gasteiger partial charge is 0.220 e. The van der Waals surface area contributed by atoms with E-state index in [4.69, 9.17) is 0 Å². The molecule has 0 saturated heterocycles. The molecule has 0 saturated carbocycles. The molecule has 1 aromatic carbocycles. The Hall–Kier alpha value is -2.10. The molecule has 0 spiro atoms. The monoisotopic (exact) mass is 188 g/mol. The Kier molecular flexibility index (Phi) is 2.02. The lowest BCUT2D eigenvalue weighted by Gasteiger charge is -1.94. The minimum atomic E-state index is -0.403. The van der Waals surface area contributed by atoms with E-state index in [2.05, 4.69) is 10.2 Å². The molecule has 0 atom stereocenters. The number of hydrogen-bond acceptors (Lipinski definition) is 3. The van der Waals surface area contributed by atoms with Gasteiger partial charge in [-0.1, -0.05) is 12.1 Å². The first-order valence-electron chi connectivity index (χ1n) is 4.11. The maximum absolute atomic E-state index is 11.3. The van der Waals surface area contributed by atoms with Gasteiger partial charge in [0.15, 0.2) is 5.75 Å². The lowest BCUT2D eigenvalue weighted by molar-refractivity contribution is 0.473. The molecule has 2 N–H and O–H groups in total. The van der Waals surface area contributed by atoms with Crippen LogP contribution in [0.25, 0.3) is 11.3 Å². The van der Waals surface area contributed by atoms with Crippen LogP contribution < -0.4 is 5.43 Å². The molecule has 4 nitrogen and oxygen atoms in total. The molecule has 0 unspecified atom stereocenters. The van der Waals surface area contributed by atoms with E-state index in [-0.39, 0.29) is 5.75 Å². The molecule has 0 amide bonds. The van der Waals surface area contributed by atoms with Crippen molar-refractivity contribution >= 4 is 0 Å². The molecule has 2 rings (SSSR count). The van der Waals surface area contributed by atoms with Crippen molar-refractivity contribution in [1.29, 1.82) is 0 Å². The van der Waals surface area contributed by atoms with E-state index in [0.717, 1.165) is 0 Å². The molecule has 0 radical (unpaired) electrons. The third kappa shape index (κ3) is 1.37. The highest BCUT2D eigenvalue weighted by Crippen LogP contribution is 2.22. The highest BCUT2D eigenvalue weighted by atomic mass is 16.3. The topological polar surface area (TPSA) is 66.0 Å². The van der Waals surface area contributed by atoms with Gasteiger partial charge in [-0.3, -0.25) is 9.89 Å². The van der Waals surface area contributed by atoms with E-state index in [1.807, 2.05) is 0 Å². The van der Waals surface area contributed by atoms with E-state index >= 15 is 0 Å². The van der Waals surface area contributed by atoms with Crippen LogP contribution >= 0.6 is 0 Å². The van der Waals surface area contributed by atoms with Crippen molar-refractivity contribution < 1.29 is 5.11 Å². The number of nitrogens with zero attached hydrogens (tertiary/aromatic N) is 1. The Morgan fingerprint density at radius 2 is 2.00 bits per heavy atom. The summed E-state index contributed by atoms with van der Waals surface area (Å²) < 4.78 is 0. The van der Waals surface area contributed by atoms with Crippen molar-refractivity contribution in [3.05, 3.63) is 46.8 Å². The zero-order valence-electron chi connectivity index (χ0n) is 7.27. The predicted molar refractivity (Wildman–Crippen MR) is 52.0 cm³/mol. The predicted octanol–water partition coefficient (Wildman–Crippen LogP) is 1.14. The zero-order valence-corrected chi connectivity index (χ0v) is 7.27. The summed E-state index contributed by atoms with van der Waals surface area (Å²) in [4.78, 5) is 11.3. The van der Waals surface area contributed by atoms with E-state index in [0.29, 0.717) is 11.3 Å². The molecule has 0 bridgehead atoms. The fraction of sp³-hybridized carbons (Fsp3) is 0. The number of nitrogens with one attached hydrogen (secondary N) is 1. The van der Waals surface area contributed by atoms with Crippen LogP contribution in [0.1, 0.15) is 0 Å². The first-order valence-corrected chi connectivity index (χ1v) is 4.11. The summed E-state index contributed by atoms with van der Waals surface area (Å²) in [5, 5.41) is 16.0. The van der Waals surface area contributed by atoms with Gasteiger partial charge in [-0.05, 0) is 18.2 Å². The van der Waals surface area contributed by atoms with E-state index < -0.39 is 5.43 Å². The second-order valence-corrected chi connectivity index (χ2v) is 2.82. The molecule has 1 heterocycles. The van der Waals surface area contributed by atoms with E-state index in [1.165, 1.54) is 6.07 Å². The second kappa shape index (κ2) is 3.33. The average Bonchev–Trinajstić information content (AvgIpc) is 2.64. The molecule has 0 aliphatic carbocycles. The van der Waals surface area contributed by atoms with Crippen LogP contribution in [0.2, 0.25) is 0 Å². The van der Waals surface area contributed by atoms with Gasteiger partial charge in [0.25, 0.3) is 0 Å². The summed E-state index contributed by atoms with van der Waals surface area (Å²) in [7, 11) is 0. The standard InChI is InChI=1S/C10H8N2O2/c13-9-4-2-1-3-7(10(9)14)8-5-6-11-12-8/h1-6H,(H,11,12)(H,13,14). The summed E-state index contributed by atoms with van der Waals surface area (Å²) in [5.74, 6) is -0.265. The van der Waals surface area contributed by atoms with Gasteiger partial charge in [0.2, 0.25) is 5.43 Å². The lowest BCUT2D eigenvalue weighted by atomic mass is 10.2. The third-order valence-corrected chi connectivity index (χ3v) is 1.90. The second-order valence-electron chi connectivity index (χ2n) is 2.82. The largest absolute Gasteiger partial charge is 0.504 e. The first kappa shape index (κ1) is 8.50. The number of rotatable bonds is 1. The summed E-state index contributed by atoms with van der Waals surface area (Å²) >= 11 is 0. The molecular weight excluding hydrogens is 180 g/mol. The zero-order chi connectivity index (χ0) is 9.97. The maximum Gasteiger partial charge on any atom is 0.220 e. The molecule has 70 valence electrons. The molecule has 0 aliphatic rings. The molecule has 0 aliphatic heterocycles. The van der Waals surface area contributed by atoms with Gasteiger partial charge in [-0.25, -0.2) is 0 Å². The number of hydrogen-bond donors (Lipinski definition) is 2. The normalized spacial score (nSPS) is 10.0. The van der Waals surface area contributed by atoms with Crippen LogP contribution in [0.4, 0.5) is 0 Å². The Balaban J connectivity index is 2.73. The van der Waals surface area contributed by atoms with Crippen LogP contribution in [0.3, 0.4) is 0 Å². The quantitative estimate of drug-likeness (QED) is 0.705. The van der Waals surface area contributed by atoms with Gasteiger partial charge in [0, 0.05) is 11.8 Å². The van der Waals surface area contributed by atoms with E-state index in [9.17, 15) is 9.90 Å². The maximum atomic E-state index is 11.3. The molecule has 0 fully saturated rings. The molecule has 14 heavy (non-hydrogen) atoms. The lowest BCUT2D eigenvalue weighted by Crippen LogP contribution is -1.94. The third-order valence-electron chi connectivity index (χ3n) is 1.90. The molecular formula is C10H8N2O2. The van der Waals surface area contributed by atoms with Gasteiger partial charge in [-0.2, -0.15) is 5.10 Å². The Bertz CT molecular complexity index is 492. The highest BCUT2D eigenvalue weighted by Gasteiger charge is 2.05. The number of H-pyrrole nitrogens is 1. The summed E-state index contributed by atoms with van der Waals surface area (Å²) in [6.07, 6.45) is 1.56. The molecule has 2 aromatic rings. The van der Waals surface area contributed by atoms with Crippen LogP contribution in [0, 0.1) is 0 Å². The van der Waals surface area contributed by atoms with Crippen LogP contribution in [0.15, 0.2) is 41.3 Å². The van der Waals surface area contributed by atoms with Crippen LogP contribution in [0.5, 0.6) is 5.75 Å². The minimum absolute atomic E-state index is 0.265. The minimum Gasteiger partial charge on any atom is -0.504 e. The number of aromatic nitrogens is 2. The Morgan fingerprint density at radius 3 is 2.71 bits per heavy atom. The summed E-state index contributed by atoms with van der Waals surface area (Å²) in [6.45, 7) is 0. The van der Waals surface area contributed by atoms with Crippen molar-refractivity contribution in [2.24, 2.45) is 0 Å². The van der Waals surface area contributed by atoms with Crippen molar-refractivity contribution in [1.82, 2.24) is 10.2 Å². The van der Waals surface area contributed by atoms with E-state index in [1.54, 1.807) is 30.5 Å². The van der Waals surface area contributed by atoms with Gasteiger partial charge < -0.3 is 5.11 Å².